The number of amides is 1. The second-order valence-corrected chi connectivity index (χ2v) is 6.19. The first-order valence-electron chi connectivity index (χ1n) is 8.29. The standard InChI is InChI=1S/C20H23NO3/c1-15-7-9-17(10-8-15)20(22)21-11-12-23-18(13-21)14-24-19-6-4-3-5-16(19)2/h3-10,18H,11-14H2,1-2H3/t18-/m1/s1. The molecule has 0 N–H and O–H groups in total. The number of para-hydroxylation sites is 1. The van der Waals surface area contributed by atoms with Gasteiger partial charge in [0, 0.05) is 12.1 Å². The Balaban J connectivity index is 1.59. The van der Waals surface area contributed by atoms with E-state index in [4.69, 9.17) is 9.47 Å². The molecule has 3 rings (SSSR count). The smallest absolute Gasteiger partial charge is 0.254 e. The van der Waals surface area contributed by atoms with Gasteiger partial charge in [-0.1, -0.05) is 35.9 Å². The number of nitrogens with zero attached hydrogens (tertiary/aromatic N) is 1. The largest absolute Gasteiger partial charge is 0.491 e. The Morgan fingerprint density at radius 2 is 1.92 bits per heavy atom. The van der Waals surface area contributed by atoms with Crippen molar-refractivity contribution in [2.45, 2.75) is 20.0 Å². The number of hydrogen-bond donors (Lipinski definition) is 0. The van der Waals surface area contributed by atoms with Crippen LogP contribution in [0.25, 0.3) is 0 Å². The highest BCUT2D eigenvalue weighted by atomic mass is 16.5. The molecule has 1 aliphatic rings. The maximum atomic E-state index is 12.6. The Kier molecular flexibility index (Phi) is 5.16. The highest BCUT2D eigenvalue weighted by Crippen LogP contribution is 2.18. The average molecular weight is 325 g/mol. The van der Waals surface area contributed by atoms with Crippen LogP contribution in [0.1, 0.15) is 21.5 Å². The van der Waals surface area contributed by atoms with Gasteiger partial charge in [0.05, 0.1) is 13.2 Å². The third-order valence-corrected chi connectivity index (χ3v) is 4.24. The fourth-order valence-electron chi connectivity index (χ4n) is 2.78. The van der Waals surface area contributed by atoms with Crippen molar-refractivity contribution in [1.82, 2.24) is 4.90 Å². The summed E-state index contributed by atoms with van der Waals surface area (Å²) in [6, 6.07) is 15.6. The maximum absolute atomic E-state index is 12.6. The minimum Gasteiger partial charge on any atom is -0.491 e. The third-order valence-electron chi connectivity index (χ3n) is 4.24. The molecule has 4 nitrogen and oxygen atoms in total. The average Bonchev–Trinajstić information content (AvgIpc) is 2.61. The predicted octanol–water partition coefficient (Wildman–Crippen LogP) is 3.22. The van der Waals surface area contributed by atoms with Crippen LogP contribution in [-0.2, 0) is 4.74 Å². The predicted molar refractivity (Wildman–Crippen MR) is 93.5 cm³/mol. The number of benzene rings is 2. The molecule has 2 aromatic carbocycles. The highest BCUT2D eigenvalue weighted by Gasteiger charge is 2.25. The Labute approximate surface area is 143 Å². The maximum Gasteiger partial charge on any atom is 0.254 e. The molecule has 4 heteroatoms. The topological polar surface area (TPSA) is 38.8 Å². The van der Waals surface area contributed by atoms with Gasteiger partial charge >= 0.3 is 0 Å². The Bertz CT molecular complexity index is 696. The number of rotatable bonds is 4. The van der Waals surface area contributed by atoms with Crippen LogP contribution in [0.4, 0.5) is 0 Å². The van der Waals surface area contributed by atoms with Crippen LogP contribution < -0.4 is 4.74 Å². The molecule has 0 aliphatic carbocycles. The summed E-state index contributed by atoms with van der Waals surface area (Å²) in [7, 11) is 0. The Morgan fingerprint density at radius 1 is 1.17 bits per heavy atom. The minimum absolute atomic E-state index is 0.0548. The fraction of sp³-hybridized carbons (Fsp3) is 0.350. The summed E-state index contributed by atoms with van der Waals surface area (Å²) in [6.07, 6.45) is -0.104. The van der Waals surface area contributed by atoms with Crippen LogP contribution in [-0.4, -0.2) is 43.2 Å². The summed E-state index contributed by atoms with van der Waals surface area (Å²) in [5.41, 5.74) is 2.97. The van der Waals surface area contributed by atoms with E-state index in [1.807, 2.05) is 67.3 Å². The Morgan fingerprint density at radius 3 is 2.67 bits per heavy atom. The van der Waals surface area contributed by atoms with Gasteiger partial charge < -0.3 is 14.4 Å². The van der Waals surface area contributed by atoms with Crippen molar-refractivity contribution in [3.63, 3.8) is 0 Å². The van der Waals surface area contributed by atoms with E-state index in [1.54, 1.807) is 0 Å². The van der Waals surface area contributed by atoms with Crippen LogP contribution in [0, 0.1) is 13.8 Å². The van der Waals surface area contributed by atoms with Crippen LogP contribution in [0.3, 0.4) is 0 Å². The van der Waals surface area contributed by atoms with E-state index in [1.165, 1.54) is 0 Å². The van der Waals surface area contributed by atoms with Gasteiger partial charge in [-0.2, -0.15) is 0 Å². The van der Waals surface area contributed by atoms with Gasteiger partial charge in [0.15, 0.2) is 0 Å². The normalized spacial score (nSPS) is 17.6. The molecule has 1 fully saturated rings. The molecule has 126 valence electrons. The number of aryl methyl sites for hydroxylation is 2. The summed E-state index contributed by atoms with van der Waals surface area (Å²) in [4.78, 5) is 14.5. The molecule has 0 saturated carbocycles. The van der Waals surface area contributed by atoms with Crippen molar-refractivity contribution in [3.05, 3.63) is 65.2 Å². The molecular formula is C20H23NO3. The molecule has 0 spiro atoms. The number of ether oxygens (including phenoxy) is 2. The lowest BCUT2D eigenvalue weighted by Crippen LogP contribution is -2.47. The first-order chi connectivity index (χ1) is 11.6. The van der Waals surface area contributed by atoms with E-state index in [2.05, 4.69) is 0 Å². The SMILES string of the molecule is Cc1ccc(C(=O)N2CCO[C@@H](COc3ccccc3C)C2)cc1. The molecule has 1 amide bonds. The first-order valence-corrected chi connectivity index (χ1v) is 8.29. The summed E-state index contributed by atoms with van der Waals surface area (Å²) in [5, 5.41) is 0. The number of hydrogen-bond acceptors (Lipinski definition) is 3. The van der Waals surface area contributed by atoms with E-state index in [-0.39, 0.29) is 12.0 Å². The van der Waals surface area contributed by atoms with Gasteiger partial charge in [-0.15, -0.1) is 0 Å². The van der Waals surface area contributed by atoms with Crippen LogP contribution in [0.2, 0.25) is 0 Å². The Hall–Kier alpha value is -2.33. The number of carbonyl (C=O) groups is 1. The van der Waals surface area contributed by atoms with E-state index < -0.39 is 0 Å². The summed E-state index contributed by atoms with van der Waals surface area (Å²) < 4.78 is 11.6. The van der Waals surface area contributed by atoms with Gasteiger partial charge in [-0.3, -0.25) is 4.79 Å². The number of carbonyl (C=O) groups excluding carboxylic acids is 1. The van der Waals surface area contributed by atoms with Crippen molar-refractivity contribution in [2.75, 3.05) is 26.3 Å². The van der Waals surface area contributed by atoms with Gasteiger partial charge in [0.2, 0.25) is 0 Å². The van der Waals surface area contributed by atoms with Crippen molar-refractivity contribution in [2.24, 2.45) is 0 Å². The molecule has 1 atom stereocenters. The van der Waals surface area contributed by atoms with Crippen LogP contribution in [0.5, 0.6) is 5.75 Å². The summed E-state index contributed by atoms with van der Waals surface area (Å²) >= 11 is 0. The lowest BCUT2D eigenvalue weighted by Gasteiger charge is -2.33. The monoisotopic (exact) mass is 325 g/mol. The molecular weight excluding hydrogens is 302 g/mol. The van der Waals surface area contributed by atoms with E-state index in [9.17, 15) is 4.79 Å². The molecule has 1 heterocycles. The van der Waals surface area contributed by atoms with Gasteiger partial charge in [-0.05, 0) is 37.6 Å². The van der Waals surface area contributed by atoms with E-state index >= 15 is 0 Å². The molecule has 1 saturated heterocycles. The zero-order chi connectivity index (χ0) is 16.9. The summed E-state index contributed by atoms with van der Waals surface area (Å²) in [6.45, 7) is 6.19. The van der Waals surface area contributed by atoms with Gasteiger partial charge in [-0.25, -0.2) is 0 Å². The quantitative estimate of drug-likeness (QED) is 0.866. The molecule has 24 heavy (non-hydrogen) atoms. The number of morpholine rings is 1. The molecule has 0 radical (unpaired) electrons. The third kappa shape index (κ3) is 3.95. The van der Waals surface area contributed by atoms with E-state index in [0.29, 0.717) is 26.3 Å². The zero-order valence-electron chi connectivity index (χ0n) is 14.2. The van der Waals surface area contributed by atoms with Crippen LogP contribution in [0.15, 0.2) is 48.5 Å². The molecule has 0 unspecified atom stereocenters. The summed E-state index contributed by atoms with van der Waals surface area (Å²) in [5.74, 6) is 0.919. The highest BCUT2D eigenvalue weighted by molar-refractivity contribution is 5.94. The minimum atomic E-state index is -0.104. The van der Waals surface area contributed by atoms with Crippen LogP contribution >= 0.6 is 0 Å². The first kappa shape index (κ1) is 16.5. The van der Waals surface area contributed by atoms with Crippen molar-refractivity contribution >= 4 is 5.91 Å². The molecule has 0 bridgehead atoms. The van der Waals surface area contributed by atoms with Gasteiger partial charge in [0.1, 0.15) is 18.5 Å². The van der Waals surface area contributed by atoms with Crippen molar-refractivity contribution in [1.29, 1.82) is 0 Å². The lowest BCUT2D eigenvalue weighted by molar-refractivity contribution is -0.0402. The lowest BCUT2D eigenvalue weighted by atomic mass is 10.1. The fourth-order valence-corrected chi connectivity index (χ4v) is 2.78. The van der Waals surface area contributed by atoms with Crippen molar-refractivity contribution in [3.8, 4) is 5.75 Å². The molecule has 0 aromatic heterocycles. The zero-order valence-corrected chi connectivity index (χ0v) is 14.2. The second kappa shape index (κ2) is 7.49. The van der Waals surface area contributed by atoms with Crippen molar-refractivity contribution < 1.29 is 14.3 Å². The molecule has 1 aliphatic heterocycles. The van der Waals surface area contributed by atoms with Gasteiger partial charge in [0.25, 0.3) is 5.91 Å². The van der Waals surface area contributed by atoms with E-state index in [0.717, 1.165) is 22.4 Å². The molecule has 2 aromatic rings. The second-order valence-electron chi connectivity index (χ2n) is 6.19.